The molecule has 202 valence electrons. The summed E-state index contributed by atoms with van der Waals surface area (Å²) < 4.78 is 1.63. The van der Waals surface area contributed by atoms with Gasteiger partial charge in [0.2, 0.25) is 4.96 Å². The second kappa shape index (κ2) is 11.4. The smallest absolute Gasteiger partial charge is 0.270 e. The number of H-pyrrole nitrogens is 1. The highest BCUT2D eigenvalue weighted by Gasteiger charge is 2.19. The minimum absolute atomic E-state index is 0.118. The lowest BCUT2D eigenvalue weighted by Crippen LogP contribution is -2.14. The Kier molecular flexibility index (Phi) is 7.74. The van der Waals surface area contributed by atoms with Crippen LogP contribution in [0.5, 0.6) is 0 Å². The molecule has 0 fully saturated rings. The molecule has 0 radical (unpaired) electrons. The number of aromatic nitrogens is 6. The van der Waals surface area contributed by atoms with Crippen molar-refractivity contribution in [3.63, 3.8) is 0 Å². The molecule has 6 aromatic rings. The Labute approximate surface area is 260 Å². The van der Waals surface area contributed by atoms with Crippen LogP contribution in [-0.4, -0.2) is 29.8 Å². The first-order valence-electron chi connectivity index (χ1n) is 11.7. The molecule has 0 amide bonds. The number of aromatic amines is 1. The molecule has 0 unspecified atom stereocenters. The van der Waals surface area contributed by atoms with E-state index in [1.165, 1.54) is 23.1 Å². The lowest BCUT2D eigenvalue weighted by atomic mass is 10.1. The van der Waals surface area contributed by atoms with Crippen molar-refractivity contribution < 1.29 is 0 Å². The molecule has 14 heteroatoms. The standard InChI is InChI=1S/C27H13Cl4N7OS2/c28-15-8-9-16(20(31)10-15)22-17(11-32)24(39)34-26(33-22)40-12-13-4-6-14(7-5-13)25-37-38-23(35-36-27(38)41-25)21-18(29)2-1-3-19(21)30/h1-10H,12H2,(H,33,34,39). The molecule has 0 saturated carbocycles. The number of halogens is 4. The Morgan fingerprint density at radius 2 is 1.73 bits per heavy atom. The van der Waals surface area contributed by atoms with Gasteiger partial charge < -0.3 is 4.98 Å². The molecule has 0 aliphatic heterocycles. The molecule has 41 heavy (non-hydrogen) atoms. The molecular formula is C27H13Cl4N7OS2. The molecule has 1 N–H and O–H groups in total. The van der Waals surface area contributed by atoms with Gasteiger partial charge in [0.05, 0.1) is 26.3 Å². The van der Waals surface area contributed by atoms with Crippen molar-refractivity contribution in [1.29, 1.82) is 5.26 Å². The number of nitrogens with one attached hydrogen (secondary N) is 1. The van der Waals surface area contributed by atoms with E-state index in [0.717, 1.165) is 16.1 Å². The van der Waals surface area contributed by atoms with E-state index in [1.54, 1.807) is 40.9 Å². The fourth-order valence-corrected chi connectivity index (χ4v) is 6.72. The summed E-state index contributed by atoms with van der Waals surface area (Å²) in [5.41, 5.74) is 2.46. The van der Waals surface area contributed by atoms with Crippen molar-refractivity contribution in [2.45, 2.75) is 10.9 Å². The SMILES string of the molecule is N#Cc1c(-c2ccc(Cl)cc2Cl)nc(SCc2ccc(-c3nn4c(-c5c(Cl)cccc5Cl)nnc4s3)cc2)[nH]c1=O. The second-order valence-corrected chi connectivity index (χ2v) is 12.1. The molecule has 8 nitrogen and oxygen atoms in total. The molecule has 0 saturated heterocycles. The summed E-state index contributed by atoms with van der Waals surface area (Å²) in [6.07, 6.45) is 0. The van der Waals surface area contributed by atoms with Crippen molar-refractivity contribution in [2.24, 2.45) is 0 Å². The van der Waals surface area contributed by atoms with E-state index in [4.69, 9.17) is 51.5 Å². The number of fused-ring (bicyclic) bond motifs is 1. The fourth-order valence-electron chi connectivity index (χ4n) is 4.00. The molecule has 3 heterocycles. The van der Waals surface area contributed by atoms with E-state index in [1.807, 2.05) is 30.3 Å². The Balaban J connectivity index is 1.23. The molecule has 6 rings (SSSR count). The molecule has 3 aromatic heterocycles. The van der Waals surface area contributed by atoms with Crippen LogP contribution in [0.15, 0.2) is 70.6 Å². The minimum Gasteiger partial charge on any atom is -0.300 e. The first kappa shape index (κ1) is 27.7. The molecule has 0 atom stereocenters. The molecule has 0 aliphatic carbocycles. The van der Waals surface area contributed by atoms with Gasteiger partial charge >= 0.3 is 0 Å². The normalized spacial score (nSPS) is 11.2. The number of hydrogen-bond donors (Lipinski definition) is 1. The highest BCUT2D eigenvalue weighted by molar-refractivity contribution is 7.98. The van der Waals surface area contributed by atoms with E-state index >= 15 is 0 Å². The maximum absolute atomic E-state index is 12.6. The summed E-state index contributed by atoms with van der Waals surface area (Å²) in [4.78, 5) is 20.4. The van der Waals surface area contributed by atoms with Crippen LogP contribution in [0.25, 0.3) is 38.2 Å². The number of nitriles is 1. The first-order chi connectivity index (χ1) is 19.8. The van der Waals surface area contributed by atoms with Gasteiger partial charge in [0, 0.05) is 21.9 Å². The van der Waals surface area contributed by atoms with Gasteiger partial charge in [0.25, 0.3) is 5.56 Å². The maximum atomic E-state index is 12.6. The quantitative estimate of drug-likeness (QED) is 0.143. The zero-order valence-electron chi connectivity index (χ0n) is 20.4. The molecule has 0 aliphatic rings. The second-order valence-electron chi connectivity index (χ2n) is 8.54. The van der Waals surface area contributed by atoms with Gasteiger partial charge in [-0.25, -0.2) is 4.98 Å². The highest BCUT2D eigenvalue weighted by atomic mass is 35.5. The van der Waals surface area contributed by atoms with Gasteiger partial charge in [-0.2, -0.15) is 14.9 Å². The molecule has 3 aromatic carbocycles. The van der Waals surface area contributed by atoms with Crippen LogP contribution in [0.4, 0.5) is 0 Å². The van der Waals surface area contributed by atoms with Crippen molar-refractivity contribution in [2.75, 3.05) is 0 Å². The van der Waals surface area contributed by atoms with E-state index in [-0.39, 0.29) is 11.3 Å². The summed E-state index contributed by atoms with van der Waals surface area (Å²) in [6.45, 7) is 0. The molecule has 0 spiro atoms. The largest absolute Gasteiger partial charge is 0.300 e. The monoisotopic (exact) mass is 655 g/mol. The van der Waals surface area contributed by atoms with Crippen LogP contribution in [0.3, 0.4) is 0 Å². The Morgan fingerprint density at radius 3 is 2.44 bits per heavy atom. The number of nitrogens with zero attached hydrogens (tertiary/aromatic N) is 6. The highest BCUT2D eigenvalue weighted by Crippen LogP contribution is 2.36. The van der Waals surface area contributed by atoms with Crippen LogP contribution in [0, 0.1) is 11.3 Å². The fraction of sp³-hybridized carbons (Fsp3) is 0.0370. The summed E-state index contributed by atoms with van der Waals surface area (Å²) in [5.74, 6) is 0.984. The summed E-state index contributed by atoms with van der Waals surface area (Å²) in [6, 6.07) is 19.8. The Bertz CT molecular complexity index is 2030. The van der Waals surface area contributed by atoms with Gasteiger partial charge in [-0.15, -0.1) is 10.2 Å². The summed E-state index contributed by atoms with van der Waals surface area (Å²) >= 11 is 27.8. The van der Waals surface area contributed by atoms with Crippen LogP contribution >= 0.6 is 69.5 Å². The van der Waals surface area contributed by atoms with Gasteiger partial charge in [-0.1, -0.05) is 99.8 Å². The first-order valence-corrected chi connectivity index (χ1v) is 15.0. The van der Waals surface area contributed by atoms with Gasteiger partial charge in [-0.3, -0.25) is 4.79 Å². The van der Waals surface area contributed by atoms with Crippen LogP contribution in [0.1, 0.15) is 11.1 Å². The average molecular weight is 657 g/mol. The minimum atomic E-state index is -0.540. The van der Waals surface area contributed by atoms with E-state index in [9.17, 15) is 10.1 Å². The zero-order valence-corrected chi connectivity index (χ0v) is 25.1. The van der Waals surface area contributed by atoms with Crippen LogP contribution < -0.4 is 5.56 Å². The van der Waals surface area contributed by atoms with Crippen molar-refractivity contribution in [1.82, 2.24) is 29.8 Å². The number of rotatable bonds is 6. The van der Waals surface area contributed by atoms with Gasteiger partial charge in [-0.05, 0) is 35.9 Å². The predicted octanol–water partition coefficient (Wildman–Crippen LogP) is 8.05. The van der Waals surface area contributed by atoms with Crippen molar-refractivity contribution in [3.8, 4) is 39.3 Å². The topological polar surface area (TPSA) is 113 Å². The van der Waals surface area contributed by atoms with E-state index in [0.29, 0.717) is 52.9 Å². The van der Waals surface area contributed by atoms with Crippen molar-refractivity contribution in [3.05, 3.63) is 102 Å². The van der Waals surface area contributed by atoms with Crippen molar-refractivity contribution >= 4 is 74.5 Å². The van der Waals surface area contributed by atoms with Crippen LogP contribution in [0.2, 0.25) is 20.1 Å². The predicted molar refractivity (Wildman–Crippen MR) is 164 cm³/mol. The average Bonchev–Trinajstić information content (AvgIpc) is 3.54. The summed E-state index contributed by atoms with van der Waals surface area (Å²) in [7, 11) is 0. The third kappa shape index (κ3) is 5.45. The maximum Gasteiger partial charge on any atom is 0.270 e. The van der Waals surface area contributed by atoms with E-state index in [2.05, 4.69) is 20.2 Å². The van der Waals surface area contributed by atoms with E-state index < -0.39 is 5.56 Å². The molecular weight excluding hydrogens is 644 g/mol. The zero-order chi connectivity index (χ0) is 28.7. The lowest BCUT2D eigenvalue weighted by Gasteiger charge is -2.08. The summed E-state index contributed by atoms with van der Waals surface area (Å²) in [5, 5.41) is 25.5. The van der Waals surface area contributed by atoms with Gasteiger partial charge in [0.15, 0.2) is 11.0 Å². The number of hydrogen-bond acceptors (Lipinski definition) is 8. The number of thioether (sulfide) groups is 1. The van der Waals surface area contributed by atoms with Crippen LogP contribution in [-0.2, 0) is 5.75 Å². The third-order valence-electron chi connectivity index (χ3n) is 5.95. The lowest BCUT2D eigenvalue weighted by molar-refractivity contribution is 0.934. The molecule has 0 bridgehead atoms. The van der Waals surface area contributed by atoms with Gasteiger partial charge in [0.1, 0.15) is 16.6 Å². The Morgan fingerprint density at radius 1 is 0.976 bits per heavy atom. The number of benzene rings is 3. The third-order valence-corrected chi connectivity index (χ3v) is 9.02. The Hall–Kier alpha value is -3.43.